The Bertz CT molecular complexity index is 640. The highest BCUT2D eigenvalue weighted by atomic mass is 127. The van der Waals surface area contributed by atoms with Crippen LogP contribution in [0.1, 0.15) is 17.5 Å². The number of hydrogen-bond acceptors (Lipinski definition) is 2. The number of carbonyl (C=O) groups excluding carboxylic acids is 1. The minimum Gasteiger partial charge on any atom is -0.497 e. The van der Waals surface area contributed by atoms with Crippen LogP contribution >= 0.6 is 22.6 Å². The second-order valence-electron chi connectivity index (χ2n) is 4.86. The topological polar surface area (TPSA) is 38.3 Å². The molecule has 0 spiro atoms. The Morgan fingerprint density at radius 1 is 1.24 bits per heavy atom. The number of benzene rings is 2. The van der Waals surface area contributed by atoms with Crippen LogP contribution in [0.25, 0.3) is 0 Å². The van der Waals surface area contributed by atoms with Gasteiger partial charge in [-0.25, -0.2) is 0 Å². The minimum absolute atomic E-state index is 0.0297. The summed E-state index contributed by atoms with van der Waals surface area (Å²) in [5.41, 5.74) is 3.06. The van der Waals surface area contributed by atoms with E-state index >= 15 is 0 Å². The van der Waals surface area contributed by atoms with Crippen LogP contribution in [0.2, 0.25) is 0 Å². The number of rotatable bonds is 5. The second kappa shape index (κ2) is 7.45. The van der Waals surface area contributed by atoms with Gasteiger partial charge in [0.1, 0.15) is 5.75 Å². The summed E-state index contributed by atoms with van der Waals surface area (Å²) in [4.78, 5) is 12.0. The van der Waals surface area contributed by atoms with Gasteiger partial charge in [-0.3, -0.25) is 4.79 Å². The first-order chi connectivity index (χ1) is 10.1. The maximum Gasteiger partial charge on any atom is 0.224 e. The SMILES string of the molecule is COc1cccc(CCC(=O)Nc2ccc(I)cc2C)c1. The lowest BCUT2D eigenvalue weighted by Crippen LogP contribution is -2.13. The van der Waals surface area contributed by atoms with E-state index in [1.54, 1.807) is 7.11 Å². The second-order valence-corrected chi connectivity index (χ2v) is 6.10. The fourth-order valence-corrected chi connectivity index (χ4v) is 2.71. The quantitative estimate of drug-likeness (QED) is 0.772. The van der Waals surface area contributed by atoms with Crippen molar-refractivity contribution in [1.29, 1.82) is 0 Å². The summed E-state index contributed by atoms with van der Waals surface area (Å²) in [7, 11) is 1.64. The molecule has 0 bridgehead atoms. The largest absolute Gasteiger partial charge is 0.497 e. The van der Waals surface area contributed by atoms with E-state index in [0.717, 1.165) is 22.6 Å². The van der Waals surface area contributed by atoms with Gasteiger partial charge in [-0.1, -0.05) is 12.1 Å². The van der Waals surface area contributed by atoms with Crippen molar-refractivity contribution in [3.8, 4) is 5.75 Å². The molecule has 2 rings (SSSR count). The highest BCUT2D eigenvalue weighted by Gasteiger charge is 2.06. The van der Waals surface area contributed by atoms with E-state index in [0.29, 0.717) is 12.8 Å². The number of aryl methyl sites for hydroxylation is 2. The molecular weight excluding hydrogens is 377 g/mol. The maximum absolute atomic E-state index is 12.0. The molecule has 3 nitrogen and oxygen atoms in total. The van der Waals surface area contributed by atoms with E-state index in [-0.39, 0.29) is 5.91 Å². The first-order valence-electron chi connectivity index (χ1n) is 6.77. The molecule has 2 aromatic carbocycles. The molecule has 1 N–H and O–H groups in total. The summed E-state index contributed by atoms with van der Waals surface area (Å²) in [5.74, 6) is 0.850. The standard InChI is InChI=1S/C17H18INO2/c1-12-10-14(18)7-8-16(12)19-17(20)9-6-13-4-3-5-15(11-13)21-2/h3-5,7-8,10-11H,6,9H2,1-2H3,(H,19,20). The zero-order valence-electron chi connectivity index (χ0n) is 12.2. The van der Waals surface area contributed by atoms with E-state index in [4.69, 9.17) is 4.74 Å². The van der Waals surface area contributed by atoms with Gasteiger partial charge < -0.3 is 10.1 Å². The van der Waals surface area contributed by atoms with Gasteiger partial charge in [0.15, 0.2) is 0 Å². The number of halogens is 1. The Balaban J connectivity index is 1.92. The molecule has 0 saturated heterocycles. The normalized spacial score (nSPS) is 10.2. The minimum atomic E-state index is 0.0297. The van der Waals surface area contributed by atoms with Crippen molar-refractivity contribution in [2.45, 2.75) is 19.8 Å². The molecule has 4 heteroatoms. The molecule has 0 radical (unpaired) electrons. The van der Waals surface area contributed by atoms with Gasteiger partial charge in [0.05, 0.1) is 7.11 Å². The molecular formula is C17H18INO2. The molecule has 0 saturated carbocycles. The average Bonchev–Trinajstić information content (AvgIpc) is 2.48. The van der Waals surface area contributed by atoms with Crippen LogP contribution in [0.3, 0.4) is 0 Å². The zero-order valence-corrected chi connectivity index (χ0v) is 14.3. The van der Waals surface area contributed by atoms with Crippen LogP contribution in [-0.2, 0) is 11.2 Å². The van der Waals surface area contributed by atoms with E-state index in [1.807, 2.05) is 43.3 Å². The summed E-state index contributed by atoms with van der Waals surface area (Å²) < 4.78 is 6.35. The van der Waals surface area contributed by atoms with Crippen LogP contribution < -0.4 is 10.1 Å². The van der Waals surface area contributed by atoms with Crippen molar-refractivity contribution < 1.29 is 9.53 Å². The van der Waals surface area contributed by atoms with E-state index in [9.17, 15) is 4.79 Å². The van der Waals surface area contributed by atoms with E-state index in [2.05, 4.69) is 34.0 Å². The lowest BCUT2D eigenvalue weighted by Gasteiger charge is -2.09. The first kappa shape index (κ1) is 15.8. The molecule has 0 aromatic heterocycles. The van der Waals surface area contributed by atoms with Gasteiger partial charge >= 0.3 is 0 Å². The third-order valence-corrected chi connectivity index (χ3v) is 3.91. The lowest BCUT2D eigenvalue weighted by molar-refractivity contribution is -0.116. The van der Waals surface area contributed by atoms with Crippen molar-refractivity contribution >= 4 is 34.2 Å². The maximum atomic E-state index is 12.0. The number of hydrogen-bond donors (Lipinski definition) is 1. The van der Waals surface area contributed by atoms with Gasteiger partial charge in [-0.05, 0) is 77.4 Å². The van der Waals surface area contributed by atoms with Gasteiger partial charge in [0.25, 0.3) is 0 Å². The molecule has 1 amide bonds. The zero-order chi connectivity index (χ0) is 15.2. The number of anilines is 1. The van der Waals surface area contributed by atoms with Crippen molar-refractivity contribution in [2.75, 3.05) is 12.4 Å². The number of amides is 1. The fourth-order valence-electron chi connectivity index (χ4n) is 2.07. The third kappa shape index (κ3) is 4.74. The summed E-state index contributed by atoms with van der Waals surface area (Å²) in [6, 6.07) is 13.8. The first-order valence-corrected chi connectivity index (χ1v) is 7.85. The van der Waals surface area contributed by atoms with Crippen molar-refractivity contribution in [3.63, 3.8) is 0 Å². The fraction of sp³-hybridized carbons (Fsp3) is 0.235. The predicted molar refractivity (Wildman–Crippen MR) is 93.8 cm³/mol. The molecule has 0 aliphatic rings. The van der Waals surface area contributed by atoms with Gasteiger partial charge in [0.2, 0.25) is 5.91 Å². The van der Waals surface area contributed by atoms with E-state index in [1.165, 1.54) is 3.57 Å². The highest BCUT2D eigenvalue weighted by molar-refractivity contribution is 14.1. The van der Waals surface area contributed by atoms with E-state index < -0.39 is 0 Å². The van der Waals surface area contributed by atoms with Crippen LogP contribution in [0.4, 0.5) is 5.69 Å². The molecule has 110 valence electrons. The van der Waals surface area contributed by atoms with Crippen molar-refractivity contribution in [1.82, 2.24) is 0 Å². The van der Waals surface area contributed by atoms with Crippen LogP contribution in [0, 0.1) is 10.5 Å². The van der Waals surface area contributed by atoms with Crippen molar-refractivity contribution in [3.05, 3.63) is 57.2 Å². The van der Waals surface area contributed by atoms with Gasteiger partial charge in [0, 0.05) is 15.7 Å². The molecule has 0 fully saturated rings. The Hall–Kier alpha value is -1.56. The molecule has 21 heavy (non-hydrogen) atoms. The molecule has 0 aliphatic heterocycles. The Labute approximate surface area is 138 Å². The van der Waals surface area contributed by atoms with Crippen LogP contribution in [0.15, 0.2) is 42.5 Å². The van der Waals surface area contributed by atoms with Gasteiger partial charge in [-0.15, -0.1) is 0 Å². The monoisotopic (exact) mass is 395 g/mol. The number of ether oxygens (including phenoxy) is 1. The summed E-state index contributed by atoms with van der Waals surface area (Å²) in [6.07, 6.45) is 1.16. The number of methoxy groups -OCH3 is 1. The smallest absolute Gasteiger partial charge is 0.224 e. The number of nitrogens with one attached hydrogen (secondary N) is 1. The Morgan fingerprint density at radius 2 is 2.05 bits per heavy atom. The van der Waals surface area contributed by atoms with Crippen LogP contribution in [-0.4, -0.2) is 13.0 Å². The summed E-state index contributed by atoms with van der Waals surface area (Å²) in [5, 5.41) is 2.96. The number of carbonyl (C=O) groups is 1. The molecule has 0 aliphatic carbocycles. The predicted octanol–water partition coefficient (Wildman–Crippen LogP) is 4.18. The summed E-state index contributed by atoms with van der Waals surface area (Å²) >= 11 is 2.26. The Kier molecular flexibility index (Phi) is 5.61. The Morgan fingerprint density at radius 3 is 2.76 bits per heavy atom. The average molecular weight is 395 g/mol. The van der Waals surface area contributed by atoms with Crippen LogP contribution in [0.5, 0.6) is 5.75 Å². The molecule has 0 heterocycles. The molecule has 0 unspecified atom stereocenters. The molecule has 0 atom stereocenters. The van der Waals surface area contributed by atoms with Crippen molar-refractivity contribution in [2.24, 2.45) is 0 Å². The van der Waals surface area contributed by atoms with Gasteiger partial charge in [-0.2, -0.15) is 0 Å². The molecule has 2 aromatic rings. The summed E-state index contributed by atoms with van der Waals surface area (Å²) in [6.45, 7) is 2.00. The third-order valence-electron chi connectivity index (χ3n) is 3.24. The lowest BCUT2D eigenvalue weighted by atomic mass is 10.1. The highest BCUT2D eigenvalue weighted by Crippen LogP contribution is 2.18.